The summed E-state index contributed by atoms with van der Waals surface area (Å²) in [6, 6.07) is 11.2. The van der Waals surface area contributed by atoms with Gasteiger partial charge in [0.25, 0.3) is 11.8 Å². The monoisotopic (exact) mass is 419 g/mol. The average Bonchev–Trinajstić information content (AvgIpc) is 3.24. The number of carbonyl (C=O) groups excluding carboxylic acids is 3. The number of aryl methyl sites for hydroxylation is 2. The molecule has 1 saturated heterocycles. The maximum atomic E-state index is 13.1. The standard InChI is InChI=1S/C23H25N5O3/c1-13(2)16-6-9-18(10-7-16)28-22(30)20-21(23(28)31)27(26-25-20)12-19(29)24-17-8-5-14(3)15(4)11-17/h5-11,13,20-21H,12H2,1-4H3,(H,24,29)/t20-,21+/m0/s1. The first-order valence-corrected chi connectivity index (χ1v) is 10.3. The zero-order valence-electron chi connectivity index (χ0n) is 18.0. The van der Waals surface area contributed by atoms with Crippen molar-refractivity contribution in [1.29, 1.82) is 0 Å². The molecule has 4 rings (SSSR count). The van der Waals surface area contributed by atoms with Crippen molar-refractivity contribution in [2.75, 3.05) is 16.8 Å². The van der Waals surface area contributed by atoms with Crippen molar-refractivity contribution in [3.8, 4) is 0 Å². The molecule has 8 nitrogen and oxygen atoms in total. The van der Waals surface area contributed by atoms with Crippen LogP contribution < -0.4 is 10.2 Å². The largest absolute Gasteiger partial charge is 0.324 e. The van der Waals surface area contributed by atoms with Gasteiger partial charge in [-0.3, -0.25) is 19.4 Å². The van der Waals surface area contributed by atoms with E-state index >= 15 is 0 Å². The number of hydrogen-bond acceptors (Lipinski definition) is 6. The number of fused-ring (bicyclic) bond motifs is 1. The molecule has 2 heterocycles. The van der Waals surface area contributed by atoms with E-state index in [-0.39, 0.29) is 12.5 Å². The Kier molecular flexibility index (Phi) is 5.31. The summed E-state index contributed by atoms with van der Waals surface area (Å²) in [6.07, 6.45) is 0. The molecule has 0 aliphatic carbocycles. The molecule has 8 heteroatoms. The first-order chi connectivity index (χ1) is 14.8. The Morgan fingerprint density at radius 3 is 2.39 bits per heavy atom. The minimum Gasteiger partial charge on any atom is -0.324 e. The van der Waals surface area contributed by atoms with Crippen LogP contribution in [0, 0.1) is 13.8 Å². The van der Waals surface area contributed by atoms with Crippen LogP contribution in [0.2, 0.25) is 0 Å². The summed E-state index contributed by atoms with van der Waals surface area (Å²) >= 11 is 0. The number of imide groups is 1. The lowest BCUT2D eigenvalue weighted by molar-refractivity contribution is -0.123. The summed E-state index contributed by atoms with van der Waals surface area (Å²) < 4.78 is 0. The molecular formula is C23H25N5O3. The number of anilines is 2. The van der Waals surface area contributed by atoms with Crippen molar-refractivity contribution < 1.29 is 14.4 Å². The minimum absolute atomic E-state index is 0.170. The molecule has 1 N–H and O–H groups in total. The highest BCUT2D eigenvalue weighted by Gasteiger charge is 2.55. The van der Waals surface area contributed by atoms with Gasteiger partial charge in [0.1, 0.15) is 6.54 Å². The van der Waals surface area contributed by atoms with Crippen molar-refractivity contribution in [2.45, 2.75) is 45.7 Å². The zero-order valence-corrected chi connectivity index (χ0v) is 18.0. The van der Waals surface area contributed by atoms with E-state index in [0.29, 0.717) is 17.3 Å². The maximum absolute atomic E-state index is 13.1. The van der Waals surface area contributed by atoms with Crippen LogP contribution in [0.25, 0.3) is 0 Å². The molecule has 2 aromatic rings. The third kappa shape index (κ3) is 3.81. The van der Waals surface area contributed by atoms with E-state index in [1.807, 2.05) is 44.2 Å². The fourth-order valence-electron chi connectivity index (χ4n) is 3.78. The highest BCUT2D eigenvalue weighted by Crippen LogP contribution is 2.32. The van der Waals surface area contributed by atoms with Crippen LogP contribution in [0.5, 0.6) is 0 Å². The molecular weight excluding hydrogens is 394 g/mol. The van der Waals surface area contributed by atoms with Crippen molar-refractivity contribution in [3.05, 3.63) is 59.2 Å². The highest BCUT2D eigenvalue weighted by atomic mass is 16.2. The van der Waals surface area contributed by atoms with Crippen LogP contribution in [0.1, 0.15) is 36.5 Å². The predicted molar refractivity (Wildman–Crippen MR) is 117 cm³/mol. The molecule has 0 unspecified atom stereocenters. The molecule has 0 spiro atoms. The summed E-state index contributed by atoms with van der Waals surface area (Å²) in [7, 11) is 0. The fourth-order valence-corrected chi connectivity index (χ4v) is 3.78. The Labute approximate surface area is 180 Å². The van der Waals surface area contributed by atoms with Crippen LogP contribution >= 0.6 is 0 Å². The first kappa shape index (κ1) is 20.7. The van der Waals surface area contributed by atoms with Crippen LogP contribution in [-0.4, -0.2) is 41.4 Å². The number of benzene rings is 2. The number of carbonyl (C=O) groups is 3. The third-order valence-electron chi connectivity index (χ3n) is 5.77. The van der Waals surface area contributed by atoms with E-state index in [1.165, 1.54) is 5.01 Å². The summed E-state index contributed by atoms with van der Waals surface area (Å²) in [5, 5.41) is 12.0. The summed E-state index contributed by atoms with van der Waals surface area (Å²) in [5.41, 5.74) is 4.48. The molecule has 0 radical (unpaired) electrons. The van der Waals surface area contributed by atoms with Gasteiger partial charge in [-0.25, -0.2) is 4.90 Å². The number of amides is 3. The van der Waals surface area contributed by atoms with Gasteiger partial charge in [-0.15, -0.1) is 0 Å². The van der Waals surface area contributed by atoms with Gasteiger partial charge in [-0.05, 0) is 60.7 Å². The number of hydrogen-bond donors (Lipinski definition) is 1. The van der Waals surface area contributed by atoms with E-state index in [1.54, 1.807) is 12.1 Å². The molecule has 0 aromatic heterocycles. The summed E-state index contributed by atoms with van der Waals surface area (Å²) in [4.78, 5) is 39.6. The van der Waals surface area contributed by atoms with E-state index in [2.05, 4.69) is 29.5 Å². The lowest BCUT2D eigenvalue weighted by Gasteiger charge is -2.20. The van der Waals surface area contributed by atoms with Gasteiger partial charge in [-0.1, -0.05) is 37.3 Å². The van der Waals surface area contributed by atoms with Crippen LogP contribution in [0.3, 0.4) is 0 Å². The van der Waals surface area contributed by atoms with E-state index < -0.39 is 23.9 Å². The van der Waals surface area contributed by atoms with Crippen molar-refractivity contribution in [1.82, 2.24) is 5.01 Å². The lowest BCUT2D eigenvalue weighted by atomic mass is 10.0. The van der Waals surface area contributed by atoms with Gasteiger partial charge < -0.3 is 5.32 Å². The minimum atomic E-state index is -0.924. The van der Waals surface area contributed by atoms with Gasteiger partial charge >= 0.3 is 0 Å². The predicted octanol–water partition coefficient (Wildman–Crippen LogP) is 3.36. The molecule has 2 atom stereocenters. The van der Waals surface area contributed by atoms with E-state index in [9.17, 15) is 14.4 Å². The molecule has 0 bridgehead atoms. The maximum Gasteiger partial charge on any atom is 0.263 e. The molecule has 2 aliphatic rings. The number of nitrogens with zero attached hydrogens (tertiary/aromatic N) is 4. The van der Waals surface area contributed by atoms with Crippen LogP contribution in [-0.2, 0) is 14.4 Å². The Bertz CT molecular complexity index is 1080. The first-order valence-electron chi connectivity index (χ1n) is 10.3. The van der Waals surface area contributed by atoms with E-state index in [4.69, 9.17) is 0 Å². The Balaban J connectivity index is 1.47. The van der Waals surface area contributed by atoms with Gasteiger partial charge in [0.2, 0.25) is 5.91 Å². The SMILES string of the molecule is Cc1ccc(NC(=O)CN2N=N[C@@H]3C(=O)N(c4ccc(C(C)C)cc4)C(=O)[C@@H]32)cc1C. The fraction of sp³-hybridized carbons (Fsp3) is 0.348. The summed E-state index contributed by atoms with van der Waals surface area (Å²) in [6.45, 7) is 7.95. The van der Waals surface area contributed by atoms with Gasteiger partial charge in [0, 0.05) is 5.69 Å². The van der Waals surface area contributed by atoms with Crippen molar-refractivity contribution in [2.24, 2.45) is 10.3 Å². The van der Waals surface area contributed by atoms with Crippen LogP contribution in [0.15, 0.2) is 52.8 Å². The second-order valence-electron chi connectivity index (χ2n) is 8.30. The smallest absolute Gasteiger partial charge is 0.263 e. The molecule has 1 fully saturated rings. The number of nitrogens with one attached hydrogen (secondary N) is 1. The average molecular weight is 419 g/mol. The van der Waals surface area contributed by atoms with Gasteiger partial charge in [0.05, 0.1) is 5.69 Å². The third-order valence-corrected chi connectivity index (χ3v) is 5.77. The highest BCUT2D eigenvalue weighted by molar-refractivity contribution is 6.25. The quantitative estimate of drug-likeness (QED) is 0.752. The normalized spacial score (nSPS) is 20.0. The Morgan fingerprint density at radius 1 is 1.03 bits per heavy atom. The van der Waals surface area contributed by atoms with Gasteiger partial charge in [-0.2, -0.15) is 5.11 Å². The molecule has 2 aromatic carbocycles. The van der Waals surface area contributed by atoms with Crippen molar-refractivity contribution >= 4 is 29.1 Å². The topological polar surface area (TPSA) is 94.4 Å². The zero-order chi connectivity index (χ0) is 22.3. The molecule has 2 aliphatic heterocycles. The number of rotatable bonds is 5. The van der Waals surface area contributed by atoms with Gasteiger partial charge in [0.15, 0.2) is 12.1 Å². The van der Waals surface area contributed by atoms with Crippen LogP contribution in [0.4, 0.5) is 11.4 Å². The molecule has 3 amide bonds. The Hall–Kier alpha value is -3.55. The second-order valence-corrected chi connectivity index (χ2v) is 8.30. The Morgan fingerprint density at radius 2 is 1.74 bits per heavy atom. The van der Waals surface area contributed by atoms with Crippen molar-refractivity contribution in [3.63, 3.8) is 0 Å². The molecule has 160 valence electrons. The molecule has 0 saturated carbocycles. The summed E-state index contributed by atoms with van der Waals surface area (Å²) in [5.74, 6) is -0.828. The van der Waals surface area contributed by atoms with E-state index in [0.717, 1.165) is 21.6 Å². The second kappa shape index (κ2) is 7.94. The lowest BCUT2D eigenvalue weighted by Crippen LogP contribution is -2.43. The molecule has 31 heavy (non-hydrogen) atoms.